The maximum absolute atomic E-state index is 9.82. The minimum atomic E-state index is 0.561. The van der Waals surface area contributed by atoms with Gasteiger partial charge < -0.3 is 0 Å². The molecule has 0 spiro atoms. The molecular formula is C10H11NO. The van der Waals surface area contributed by atoms with Gasteiger partial charge in [-0.3, -0.25) is 4.79 Å². The van der Waals surface area contributed by atoms with Crippen LogP contribution in [0.15, 0.2) is 35.3 Å². The number of benzene rings is 1. The fourth-order valence-corrected chi connectivity index (χ4v) is 0.993. The summed E-state index contributed by atoms with van der Waals surface area (Å²) >= 11 is 0. The van der Waals surface area contributed by atoms with Crippen LogP contribution in [0.5, 0.6) is 0 Å². The van der Waals surface area contributed by atoms with Crippen molar-refractivity contribution in [3.8, 4) is 0 Å². The molecule has 0 aliphatic rings. The van der Waals surface area contributed by atoms with Gasteiger partial charge in [-0.25, -0.2) is 4.99 Å². The van der Waals surface area contributed by atoms with Crippen molar-refractivity contribution in [1.82, 2.24) is 0 Å². The molecule has 2 heteroatoms. The van der Waals surface area contributed by atoms with Crippen molar-refractivity contribution < 1.29 is 4.79 Å². The lowest BCUT2D eigenvalue weighted by molar-refractivity contribution is -0.106. The van der Waals surface area contributed by atoms with E-state index in [-0.39, 0.29) is 0 Å². The molecule has 0 heterocycles. The van der Waals surface area contributed by atoms with Gasteiger partial charge in [0, 0.05) is 6.21 Å². The van der Waals surface area contributed by atoms with Crippen LogP contribution in [0.4, 0.5) is 0 Å². The second-order valence-corrected chi connectivity index (χ2v) is 2.46. The van der Waals surface area contributed by atoms with Crippen LogP contribution in [0.25, 0.3) is 0 Å². The highest BCUT2D eigenvalue weighted by Crippen LogP contribution is 2.00. The Hall–Kier alpha value is -1.44. The van der Waals surface area contributed by atoms with E-state index in [0.29, 0.717) is 6.41 Å². The number of carbonyl (C=O) groups excluding carboxylic acids is 1. The first-order valence-electron chi connectivity index (χ1n) is 3.92. The fourth-order valence-electron chi connectivity index (χ4n) is 0.993. The number of hydrogen-bond donors (Lipinski definition) is 0. The monoisotopic (exact) mass is 161 g/mol. The van der Waals surface area contributed by atoms with Gasteiger partial charge >= 0.3 is 0 Å². The molecular weight excluding hydrogens is 150 g/mol. The zero-order valence-corrected chi connectivity index (χ0v) is 6.81. The summed E-state index contributed by atoms with van der Waals surface area (Å²) < 4.78 is 0. The van der Waals surface area contributed by atoms with E-state index in [1.54, 1.807) is 6.21 Å². The van der Waals surface area contributed by atoms with Gasteiger partial charge in [0.05, 0.1) is 0 Å². The van der Waals surface area contributed by atoms with E-state index in [9.17, 15) is 4.79 Å². The van der Waals surface area contributed by atoms with Crippen LogP contribution in [-0.2, 0) is 11.2 Å². The third-order valence-electron chi connectivity index (χ3n) is 1.57. The van der Waals surface area contributed by atoms with Crippen LogP contribution < -0.4 is 0 Å². The standard InChI is InChI=1S/C10H11NO/c12-9-11-8-4-7-10-5-2-1-3-6-10/h1-3,5-6,8-9H,4,7H2/b11-8+. The van der Waals surface area contributed by atoms with Gasteiger partial charge in [-0.1, -0.05) is 30.3 Å². The summed E-state index contributed by atoms with van der Waals surface area (Å²) in [5.74, 6) is 0. The first-order chi connectivity index (χ1) is 5.93. The van der Waals surface area contributed by atoms with E-state index in [4.69, 9.17) is 0 Å². The first kappa shape index (κ1) is 8.65. The van der Waals surface area contributed by atoms with Gasteiger partial charge in [0.15, 0.2) is 0 Å². The Bertz CT molecular complexity index is 254. The summed E-state index contributed by atoms with van der Waals surface area (Å²) in [5.41, 5.74) is 1.27. The highest BCUT2D eigenvalue weighted by Gasteiger charge is 1.87. The zero-order chi connectivity index (χ0) is 8.65. The Morgan fingerprint density at radius 2 is 2.00 bits per heavy atom. The van der Waals surface area contributed by atoms with E-state index >= 15 is 0 Å². The lowest BCUT2D eigenvalue weighted by Crippen LogP contribution is -1.85. The van der Waals surface area contributed by atoms with E-state index in [0.717, 1.165) is 12.8 Å². The largest absolute Gasteiger partial charge is 0.276 e. The van der Waals surface area contributed by atoms with Gasteiger partial charge in [0.2, 0.25) is 6.41 Å². The predicted octanol–water partition coefficient (Wildman–Crippen LogP) is 1.85. The zero-order valence-electron chi connectivity index (χ0n) is 6.81. The average Bonchev–Trinajstić information content (AvgIpc) is 2.14. The molecule has 0 aliphatic carbocycles. The van der Waals surface area contributed by atoms with E-state index in [2.05, 4.69) is 17.1 Å². The number of rotatable bonds is 4. The van der Waals surface area contributed by atoms with E-state index < -0.39 is 0 Å². The number of aliphatic imine (C=N–C) groups is 1. The Morgan fingerprint density at radius 3 is 2.67 bits per heavy atom. The number of amides is 1. The lowest BCUT2D eigenvalue weighted by atomic mass is 10.1. The minimum absolute atomic E-state index is 0.561. The van der Waals surface area contributed by atoms with Crippen LogP contribution in [0.2, 0.25) is 0 Å². The average molecular weight is 161 g/mol. The molecule has 0 radical (unpaired) electrons. The summed E-state index contributed by atoms with van der Waals surface area (Å²) in [5, 5.41) is 0. The number of hydrogen-bond acceptors (Lipinski definition) is 1. The van der Waals surface area contributed by atoms with Crippen LogP contribution in [-0.4, -0.2) is 12.6 Å². The van der Waals surface area contributed by atoms with Crippen molar-refractivity contribution in [3.63, 3.8) is 0 Å². The SMILES string of the molecule is O=C/N=C/CCc1ccccc1. The van der Waals surface area contributed by atoms with Crippen molar-refractivity contribution in [2.45, 2.75) is 12.8 Å². The highest BCUT2D eigenvalue weighted by molar-refractivity contribution is 5.69. The quantitative estimate of drug-likeness (QED) is 0.489. The van der Waals surface area contributed by atoms with Crippen molar-refractivity contribution in [2.24, 2.45) is 4.99 Å². The molecule has 1 aromatic carbocycles. The van der Waals surface area contributed by atoms with Crippen LogP contribution in [0.3, 0.4) is 0 Å². The molecule has 0 aromatic heterocycles. The molecule has 0 fully saturated rings. The maximum Gasteiger partial charge on any atom is 0.232 e. The van der Waals surface area contributed by atoms with Crippen LogP contribution in [0.1, 0.15) is 12.0 Å². The summed E-state index contributed by atoms with van der Waals surface area (Å²) in [6, 6.07) is 10.1. The van der Waals surface area contributed by atoms with Gasteiger partial charge in [-0.05, 0) is 18.4 Å². The number of nitrogens with zero attached hydrogens (tertiary/aromatic N) is 1. The van der Waals surface area contributed by atoms with Crippen molar-refractivity contribution in [3.05, 3.63) is 35.9 Å². The third kappa shape index (κ3) is 3.10. The Kier molecular flexibility index (Phi) is 3.78. The highest BCUT2D eigenvalue weighted by atomic mass is 16.1. The smallest absolute Gasteiger partial charge is 0.232 e. The Labute approximate surface area is 71.9 Å². The summed E-state index contributed by atoms with van der Waals surface area (Å²) in [4.78, 5) is 13.3. The minimum Gasteiger partial charge on any atom is -0.276 e. The molecule has 0 N–H and O–H groups in total. The molecule has 12 heavy (non-hydrogen) atoms. The second-order valence-electron chi connectivity index (χ2n) is 2.46. The summed E-state index contributed by atoms with van der Waals surface area (Å²) in [7, 11) is 0. The molecule has 0 aliphatic heterocycles. The van der Waals surface area contributed by atoms with Gasteiger partial charge in [0.1, 0.15) is 0 Å². The van der Waals surface area contributed by atoms with Gasteiger partial charge in [-0.2, -0.15) is 0 Å². The van der Waals surface area contributed by atoms with E-state index in [1.165, 1.54) is 5.56 Å². The number of carbonyl (C=O) groups is 1. The second kappa shape index (κ2) is 5.24. The molecule has 0 atom stereocenters. The summed E-state index contributed by atoms with van der Waals surface area (Å²) in [6.45, 7) is 0. The molecule has 0 saturated carbocycles. The Morgan fingerprint density at radius 1 is 1.25 bits per heavy atom. The fraction of sp³-hybridized carbons (Fsp3) is 0.200. The van der Waals surface area contributed by atoms with E-state index in [1.807, 2.05) is 18.2 Å². The van der Waals surface area contributed by atoms with Gasteiger partial charge in [0.25, 0.3) is 0 Å². The van der Waals surface area contributed by atoms with Crippen LogP contribution in [0, 0.1) is 0 Å². The molecule has 1 amide bonds. The molecule has 2 nitrogen and oxygen atoms in total. The first-order valence-corrected chi connectivity index (χ1v) is 3.92. The molecule has 0 unspecified atom stereocenters. The maximum atomic E-state index is 9.82. The topological polar surface area (TPSA) is 29.4 Å². The van der Waals surface area contributed by atoms with Crippen molar-refractivity contribution in [1.29, 1.82) is 0 Å². The third-order valence-corrected chi connectivity index (χ3v) is 1.57. The molecule has 62 valence electrons. The molecule has 1 aromatic rings. The lowest BCUT2D eigenvalue weighted by Gasteiger charge is -1.94. The predicted molar refractivity (Wildman–Crippen MR) is 49.3 cm³/mol. The molecule has 1 rings (SSSR count). The number of aryl methyl sites for hydroxylation is 1. The molecule has 0 saturated heterocycles. The summed E-state index contributed by atoms with van der Waals surface area (Å²) in [6.07, 6.45) is 3.96. The normalized spacial score (nSPS) is 10.3. The van der Waals surface area contributed by atoms with Gasteiger partial charge in [-0.15, -0.1) is 0 Å². The van der Waals surface area contributed by atoms with Crippen LogP contribution >= 0.6 is 0 Å². The van der Waals surface area contributed by atoms with Crippen molar-refractivity contribution in [2.75, 3.05) is 0 Å². The molecule has 0 bridgehead atoms. The Balaban J connectivity index is 2.33. The van der Waals surface area contributed by atoms with Crippen molar-refractivity contribution >= 4 is 12.6 Å².